The summed E-state index contributed by atoms with van der Waals surface area (Å²) in [6, 6.07) is 0. The van der Waals surface area contributed by atoms with Crippen LogP contribution >= 0.6 is 0 Å². The molecule has 1 heterocycles. The Balaban J connectivity index is 3.45. The molecule has 72 valence electrons. The Kier molecular flexibility index (Phi) is 2.27. The maximum atomic E-state index is 11.4. The van der Waals surface area contributed by atoms with Gasteiger partial charge in [0.25, 0.3) is 5.56 Å². The van der Waals surface area contributed by atoms with E-state index in [2.05, 4.69) is 5.10 Å². The highest BCUT2D eigenvalue weighted by Gasteiger charge is 2.20. The third kappa shape index (κ3) is 1.49. The molecule has 0 unspecified atom stereocenters. The van der Waals surface area contributed by atoms with E-state index in [4.69, 9.17) is 5.11 Å². The summed E-state index contributed by atoms with van der Waals surface area (Å²) < 4.78 is 1.18. The van der Waals surface area contributed by atoms with Crippen LogP contribution in [0.3, 0.4) is 0 Å². The van der Waals surface area contributed by atoms with Crippen LogP contribution in [0.1, 0.15) is 35.8 Å². The molecule has 1 aromatic rings. The van der Waals surface area contributed by atoms with Gasteiger partial charge >= 0.3 is 5.97 Å². The van der Waals surface area contributed by atoms with Gasteiger partial charge in [-0.25, -0.2) is 4.79 Å². The predicted molar refractivity (Wildman–Crippen MR) is 47.1 cm³/mol. The number of aromatic amines is 1. The van der Waals surface area contributed by atoms with Crippen molar-refractivity contribution >= 4 is 5.97 Å². The molecule has 13 heavy (non-hydrogen) atoms. The summed E-state index contributed by atoms with van der Waals surface area (Å²) in [6.07, 6.45) is 0. The fourth-order valence-electron chi connectivity index (χ4n) is 1.26. The van der Waals surface area contributed by atoms with Gasteiger partial charge in [-0.15, -0.1) is 0 Å². The van der Waals surface area contributed by atoms with Crippen LogP contribution in [0.5, 0.6) is 0 Å². The highest BCUT2D eigenvalue weighted by Crippen LogP contribution is 2.13. The first-order valence-corrected chi connectivity index (χ1v) is 3.97. The molecular formula is C8H12N2O3. The van der Waals surface area contributed by atoms with Crippen molar-refractivity contribution in [3.63, 3.8) is 0 Å². The third-order valence-electron chi connectivity index (χ3n) is 1.88. The molecule has 0 aliphatic carbocycles. The molecule has 2 N–H and O–H groups in total. The number of aromatic carboxylic acids is 1. The molecule has 0 saturated carbocycles. The lowest BCUT2D eigenvalue weighted by Gasteiger charge is -1.99. The minimum Gasteiger partial charge on any atom is -0.477 e. The summed E-state index contributed by atoms with van der Waals surface area (Å²) in [5, 5.41) is 11.3. The van der Waals surface area contributed by atoms with Crippen LogP contribution in [-0.2, 0) is 7.05 Å². The van der Waals surface area contributed by atoms with Crippen molar-refractivity contribution in [3.05, 3.63) is 21.6 Å². The highest BCUT2D eigenvalue weighted by molar-refractivity contribution is 5.87. The average molecular weight is 184 g/mol. The summed E-state index contributed by atoms with van der Waals surface area (Å²) >= 11 is 0. The SMILES string of the molecule is CC(C)c1c(C(=O)O)[nH]n(C)c1=O. The number of carbonyl (C=O) groups is 1. The number of hydrogen-bond acceptors (Lipinski definition) is 2. The van der Waals surface area contributed by atoms with E-state index in [0.717, 1.165) is 0 Å². The fraction of sp³-hybridized carbons (Fsp3) is 0.500. The first kappa shape index (κ1) is 9.57. The molecule has 0 bridgehead atoms. The molecule has 0 radical (unpaired) electrons. The van der Waals surface area contributed by atoms with Crippen molar-refractivity contribution < 1.29 is 9.90 Å². The second kappa shape index (κ2) is 3.08. The quantitative estimate of drug-likeness (QED) is 0.704. The van der Waals surface area contributed by atoms with E-state index in [9.17, 15) is 9.59 Å². The molecule has 1 aromatic heterocycles. The first-order valence-electron chi connectivity index (χ1n) is 3.97. The van der Waals surface area contributed by atoms with Gasteiger partial charge in [-0.3, -0.25) is 14.6 Å². The minimum atomic E-state index is -1.10. The number of H-pyrrole nitrogens is 1. The summed E-state index contributed by atoms with van der Waals surface area (Å²) in [6.45, 7) is 3.58. The molecule has 5 nitrogen and oxygen atoms in total. The van der Waals surface area contributed by atoms with Crippen LogP contribution < -0.4 is 5.56 Å². The van der Waals surface area contributed by atoms with E-state index in [1.54, 1.807) is 13.8 Å². The van der Waals surface area contributed by atoms with E-state index >= 15 is 0 Å². The van der Waals surface area contributed by atoms with Gasteiger partial charge in [0.2, 0.25) is 0 Å². The molecule has 0 saturated heterocycles. The van der Waals surface area contributed by atoms with Crippen LogP contribution in [0.4, 0.5) is 0 Å². The number of aryl methyl sites for hydroxylation is 1. The van der Waals surface area contributed by atoms with Crippen molar-refractivity contribution in [2.24, 2.45) is 7.05 Å². The van der Waals surface area contributed by atoms with Crippen molar-refractivity contribution in [1.29, 1.82) is 0 Å². The number of aromatic nitrogens is 2. The van der Waals surface area contributed by atoms with Crippen LogP contribution in [0.25, 0.3) is 0 Å². The summed E-state index contributed by atoms with van der Waals surface area (Å²) in [4.78, 5) is 22.1. The predicted octanol–water partition coefficient (Wildman–Crippen LogP) is 0.535. The number of nitrogens with zero attached hydrogens (tertiary/aromatic N) is 1. The Bertz CT molecular complexity index is 387. The molecule has 0 aromatic carbocycles. The van der Waals surface area contributed by atoms with Gasteiger partial charge in [0.15, 0.2) is 0 Å². The first-order chi connectivity index (χ1) is 5.95. The number of carboxylic acids is 1. The second-order valence-electron chi connectivity index (χ2n) is 3.22. The van der Waals surface area contributed by atoms with Gasteiger partial charge in [-0.2, -0.15) is 0 Å². The maximum Gasteiger partial charge on any atom is 0.354 e. The summed E-state index contributed by atoms with van der Waals surface area (Å²) in [7, 11) is 1.50. The Morgan fingerprint density at radius 2 is 2.08 bits per heavy atom. The van der Waals surface area contributed by atoms with Gasteiger partial charge in [0.1, 0.15) is 5.69 Å². The van der Waals surface area contributed by atoms with Gasteiger partial charge in [0.05, 0.1) is 5.56 Å². The Labute approximate surface area is 75.0 Å². The zero-order valence-electron chi connectivity index (χ0n) is 7.79. The van der Waals surface area contributed by atoms with Crippen LogP contribution in [-0.4, -0.2) is 20.9 Å². The van der Waals surface area contributed by atoms with E-state index in [0.29, 0.717) is 5.56 Å². The van der Waals surface area contributed by atoms with Crippen LogP contribution in [0.15, 0.2) is 4.79 Å². The summed E-state index contributed by atoms with van der Waals surface area (Å²) in [5.74, 6) is -1.18. The van der Waals surface area contributed by atoms with E-state index < -0.39 is 5.97 Å². The van der Waals surface area contributed by atoms with Crippen molar-refractivity contribution in [1.82, 2.24) is 9.78 Å². The number of nitrogens with one attached hydrogen (secondary N) is 1. The van der Waals surface area contributed by atoms with E-state index in [1.165, 1.54) is 11.7 Å². The van der Waals surface area contributed by atoms with Gasteiger partial charge < -0.3 is 5.11 Å². The van der Waals surface area contributed by atoms with Crippen molar-refractivity contribution in [2.75, 3.05) is 0 Å². The Hall–Kier alpha value is -1.52. The summed E-state index contributed by atoms with van der Waals surface area (Å²) in [5.41, 5.74) is 0.0462. The standard InChI is InChI=1S/C8H12N2O3/c1-4(2)5-6(8(12)13)9-10(3)7(5)11/h4,9H,1-3H3,(H,12,13). The lowest BCUT2D eigenvalue weighted by molar-refractivity contribution is 0.0688. The normalized spacial score (nSPS) is 10.8. The number of carboxylic acid groups (broad SMARTS) is 1. The highest BCUT2D eigenvalue weighted by atomic mass is 16.4. The molecular weight excluding hydrogens is 172 g/mol. The van der Waals surface area contributed by atoms with Crippen LogP contribution in [0, 0.1) is 0 Å². The number of rotatable bonds is 2. The molecule has 5 heteroatoms. The van der Waals surface area contributed by atoms with Crippen molar-refractivity contribution in [3.8, 4) is 0 Å². The lowest BCUT2D eigenvalue weighted by atomic mass is 10.0. The topological polar surface area (TPSA) is 75.1 Å². The van der Waals surface area contributed by atoms with E-state index in [1.807, 2.05) is 0 Å². The number of hydrogen-bond donors (Lipinski definition) is 2. The second-order valence-corrected chi connectivity index (χ2v) is 3.22. The molecule has 0 aliphatic rings. The molecule has 0 amide bonds. The molecule has 0 fully saturated rings. The zero-order valence-corrected chi connectivity index (χ0v) is 7.79. The molecule has 0 spiro atoms. The Morgan fingerprint density at radius 3 is 2.38 bits per heavy atom. The zero-order chi connectivity index (χ0) is 10.2. The molecule has 1 rings (SSSR count). The van der Waals surface area contributed by atoms with Crippen LogP contribution in [0.2, 0.25) is 0 Å². The van der Waals surface area contributed by atoms with Gasteiger partial charge in [-0.05, 0) is 5.92 Å². The fourth-order valence-corrected chi connectivity index (χ4v) is 1.26. The molecule has 0 aliphatic heterocycles. The Morgan fingerprint density at radius 1 is 1.54 bits per heavy atom. The largest absolute Gasteiger partial charge is 0.477 e. The van der Waals surface area contributed by atoms with Gasteiger partial charge in [-0.1, -0.05) is 13.8 Å². The average Bonchev–Trinajstić information content (AvgIpc) is 2.28. The monoisotopic (exact) mass is 184 g/mol. The maximum absolute atomic E-state index is 11.4. The van der Waals surface area contributed by atoms with E-state index in [-0.39, 0.29) is 17.2 Å². The van der Waals surface area contributed by atoms with Gasteiger partial charge in [0, 0.05) is 7.05 Å². The van der Waals surface area contributed by atoms with Crippen molar-refractivity contribution in [2.45, 2.75) is 19.8 Å². The lowest BCUT2D eigenvalue weighted by Crippen LogP contribution is -2.16. The minimum absolute atomic E-state index is 0.0116. The molecule has 0 atom stereocenters. The third-order valence-corrected chi connectivity index (χ3v) is 1.88. The smallest absolute Gasteiger partial charge is 0.354 e.